The van der Waals surface area contributed by atoms with Crippen molar-refractivity contribution in [3.63, 3.8) is 0 Å². The van der Waals surface area contributed by atoms with E-state index >= 15 is 0 Å². The first-order valence-electron chi connectivity index (χ1n) is 6.53. The zero-order valence-electron chi connectivity index (χ0n) is 10.9. The highest BCUT2D eigenvalue weighted by molar-refractivity contribution is 6.34. The van der Waals surface area contributed by atoms with Crippen molar-refractivity contribution in [1.29, 1.82) is 0 Å². The normalized spacial score (nSPS) is 18.8. The number of carbonyl (C=O) groups is 1. The van der Waals surface area contributed by atoms with Crippen LogP contribution in [0.25, 0.3) is 0 Å². The average molecular weight is 318 g/mol. The smallest absolute Gasteiger partial charge is 0.253 e. The van der Waals surface area contributed by atoms with Crippen LogP contribution in [0.15, 0.2) is 18.2 Å². The number of carbonyl (C=O) groups excluding carboxylic acids is 1. The molecule has 0 bridgehead atoms. The average Bonchev–Trinajstić information content (AvgIpc) is 2.85. The molecular formula is C14H17Cl2NO3. The fourth-order valence-electron chi connectivity index (χ4n) is 2.59. The molecule has 4 nitrogen and oxygen atoms in total. The Hall–Kier alpha value is -0.810. The van der Waals surface area contributed by atoms with E-state index < -0.39 is 17.6 Å². The summed E-state index contributed by atoms with van der Waals surface area (Å²) in [5.41, 5.74) is -0.272. The topological polar surface area (TPSA) is 69.6 Å². The lowest BCUT2D eigenvalue weighted by Gasteiger charge is -2.29. The maximum absolute atomic E-state index is 12.1. The molecule has 3 N–H and O–H groups in total. The van der Waals surface area contributed by atoms with Crippen LogP contribution in [0, 0.1) is 0 Å². The molecule has 110 valence electrons. The van der Waals surface area contributed by atoms with Crippen LogP contribution in [0.1, 0.15) is 37.4 Å². The number of hydrogen-bond acceptors (Lipinski definition) is 3. The highest BCUT2D eigenvalue weighted by Gasteiger charge is 2.36. The van der Waals surface area contributed by atoms with Gasteiger partial charge in [-0.1, -0.05) is 36.0 Å². The third kappa shape index (κ3) is 3.44. The van der Waals surface area contributed by atoms with E-state index in [0.717, 1.165) is 25.7 Å². The van der Waals surface area contributed by atoms with Gasteiger partial charge in [-0.25, -0.2) is 0 Å². The van der Waals surface area contributed by atoms with Crippen LogP contribution in [-0.2, 0) is 4.79 Å². The predicted molar refractivity (Wildman–Crippen MR) is 77.8 cm³/mol. The summed E-state index contributed by atoms with van der Waals surface area (Å²) < 4.78 is 0. The molecule has 1 unspecified atom stereocenters. The molecule has 0 heterocycles. The Bertz CT molecular complexity index is 481. The monoisotopic (exact) mass is 317 g/mol. The van der Waals surface area contributed by atoms with Crippen LogP contribution in [0.5, 0.6) is 0 Å². The van der Waals surface area contributed by atoms with E-state index in [1.807, 2.05) is 0 Å². The fourth-order valence-corrected chi connectivity index (χ4v) is 3.13. The van der Waals surface area contributed by atoms with E-state index in [9.17, 15) is 15.0 Å². The molecule has 0 aliphatic heterocycles. The molecule has 1 aromatic carbocycles. The van der Waals surface area contributed by atoms with Crippen molar-refractivity contribution in [3.05, 3.63) is 33.8 Å². The van der Waals surface area contributed by atoms with Gasteiger partial charge in [0.05, 0.1) is 12.1 Å². The lowest BCUT2D eigenvalue weighted by molar-refractivity contribution is -0.132. The van der Waals surface area contributed by atoms with Gasteiger partial charge in [-0.2, -0.15) is 0 Å². The van der Waals surface area contributed by atoms with Crippen molar-refractivity contribution < 1.29 is 15.0 Å². The van der Waals surface area contributed by atoms with E-state index in [2.05, 4.69) is 5.32 Å². The summed E-state index contributed by atoms with van der Waals surface area (Å²) in [6, 6.07) is 4.53. The molecule has 1 aliphatic rings. The van der Waals surface area contributed by atoms with Crippen LogP contribution in [0.2, 0.25) is 10.0 Å². The lowest BCUT2D eigenvalue weighted by Crippen LogP contribution is -2.50. The molecule has 0 saturated heterocycles. The molecule has 6 heteroatoms. The Balaban J connectivity index is 2.12. The summed E-state index contributed by atoms with van der Waals surface area (Å²) in [4.78, 5) is 12.1. The van der Waals surface area contributed by atoms with Crippen molar-refractivity contribution in [2.24, 2.45) is 0 Å². The predicted octanol–water partition coefficient (Wildman–Crippen LogP) is 2.45. The van der Waals surface area contributed by atoms with Crippen LogP contribution < -0.4 is 5.32 Å². The number of hydrogen-bond donors (Lipinski definition) is 3. The molecule has 0 radical (unpaired) electrons. The van der Waals surface area contributed by atoms with Crippen molar-refractivity contribution >= 4 is 29.1 Å². The highest BCUT2D eigenvalue weighted by atomic mass is 35.5. The van der Waals surface area contributed by atoms with Gasteiger partial charge in [-0.05, 0) is 36.6 Å². The first-order chi connectivity index (χ1) is 9.46. The zero-order chi connectivity index (χ0) is 14.8. The molecule has 1 saturated carbocycles. The summed E-state index contributed by atoms with van der Waals surface area (Å²) in [6.07, 6.45) is 2.01. The SMILES string of the molecule is O=C(NC1(CO)CCCC1)C(O)c1cc(Cl)cc(Cl)c1. The third-order valence-corrected chi connectivity index (χ3v) is 4.14. The Kier molecular flexibility index (Phi) is 4.91. The summed E-state index contributed by atoms with van der Waals surface area (Å²) in [6.45, 7) is -0.123. The third-order valence-electron chi connectivity index (χ3n) is 3.70. The summed E-state index contributed by atoms with van der Waals surface area (Å²) in [5, 5.41) is 23.0. The van der Waals surface area contributed by atoms with Gasteiger partial charge in [0.2, 0.25) is 0 Å². The maximum atomic E-state index is 12.1. The van der Waals surface area contributed by atoms with Crippen molar-refractivity contribution in [1.82, 2.24) is 5.32 Å². The van der Waals surface area contributed by atoms with Crippen LogP contribution in [0.4, 0.5) is 0 Å². The van der Waals surface area contributed by atoms with E-state index in [1.54, 1.807) is 0 Å². The van der Waals surface area contributed by atoms with E-state index in [4.69, 9.17) is 23.2 Å². The van der Waals surface area contributed by atoms with Crippen molar-refractivity contribution in [2.45, 2.75) is 37.3 Å². The van der Waals surface area contributed by atoms with Crippen LogP contribution >= 0.6 is 23.2 Å². The van der Waals surface area contributed by atoms with Crippen LogP contribution in [-0.4, -0.2) is 28.3 Å². The molecule has 20 heavy (non-hydrogen) atoms. The molecule has 1 fully saturated rings. The fraction of sp³-hybridized carbons (Fsp3) is 0.500. The van der Waals surface area contributed by atoms with E-state index in [-0.39, 0.29) is 6.61 Å². The Morgan fingerprint density at radius 1 is 1.25 bits per heavy atom. The molecule has 1 amide bonds. The number of halogens is 2. The van der Waals surface area contributed by atoms with E-state index in [1.165, 1.54) is 18.2 Å². The molecule has 0 aromatic heterocycles. The summed E-state index contributed by atoms with van der Waals surface area (Å²) >= 11 is 11.7. The highest BCUT2D eigenvalue weighted by Crippen LogP contribution is 2.30. The van der Waals surface area contributed by atoms with Gasteiger partial charge in [-0.3, -0.25) is 4.79 Å². The Labute approximate surface area is 127 Å². The van der Waals surface area contributed by atoms with Crippen molar-refractivity contribution in [3.8, 4) is 0 Å². The van der Waals surface area contributed by atoms with Gasteiger partial charge < -0.3 is 15.5 Å². The Morgan fingerprint density at radius 2 is 1.80 bits per heavy atom. The molecule has 1 aromatic rings. The zero-order valence-corrected chi connectivity index (χ0v) is 12.4. The lowest BCUT2D eigenvalue weighted by atomic mass is 9.97. The minimum atomic E-state index is -1.35. The number of aliphatic hydroxyl groups excluding tert-OH is 2. The second kappa shape index (κ2) is 6.31. The number of benzene rings is 1. The van der Waals surface area contributed by atoms with Gasteiger partial charge in [0.15, 0.2) is 6.10 Å². The van der Waals surface area contributed by atoms with Gasteiger partial charge in [-0.15, -0.1) is 0 Å². The molecular weight excluding hydrogens is 301 g/mol. The van der Waals surface area contributed by atoms with E-state index in [0.29, 0.717) is 15.6 Å². The quantitative estimate of drug-likeness (QED) is 0.799. The van der Waals surface area contributed by atoms with Crippen LogP contribution in [0.3, 0.4) is 0 Å². The van der Waals surface area contributed by atoms with Gasteiger partial charge in [0.1, 0.15) is 0 Å². The number of nitrogens with one attached hydrogen (secondary N) is 1. The van der Waals surface area contributed by atoms with Gasteiger partial charge >= 0.3 is 0 Å². The Morgan fingerprint density at radius 3 is 2.30 bits per heavy atom. The van der Waals surface area contributed by atoms with Gasteiger partial charge in [0, 0.05) is 10.0 Å². The maximum Gasteiger partial charge on any atom is 0.253 e. The second-order valence-corrected chi connectivity index (χ2v) is 6.11. The molecule has 2 rings (SSSR count). The van der Waals surface area contributed by atoms with Gasteiger partial charge in [0.25, 0.3) is 5.91 Å². The molecule has 1 atom stereocenters. The molecule has 1 aliphatic carbocycles. The first kappa shape index (κ1) is 15.6. The summed E-state index contributed by atoms with van der Waals surface area (Å²) in [7, 11) is 0. The minimum Gasteiger partial charge on any atom is -0.394 e. The van der Waals surface area contributed by atoms with Crippen molar-refractivity contribution in [2.75, 3.05) is 6.61 Å². The largest absolute Gasteiger partial charge is 0.394 e. The minimum absolute atomic E-state index is 0.123. The standard InChI is InChI=1S/C14H17Cl2NO3/c15-10-5-9(6-11(16)7-10)12(19)13(20)17-14(8-18)3-1-2-4-14/h5-7,12,18-19H,1-4,8H2,(H,17,20). The summed E-state index contributed by atoms with van der Waals surface area (Å²) in [5.74, 6) is -0.542. The molecule has 0 spiro atoms. The number of aliphatic hydroxyl groups is 2. The first-order valence-corrected chi connectivity index (χ1v) is 7.28. The number of amides is 1. The number of rotatable bonds is 4. The second-order valence-electron chi connectivity index (χ2n) is 5.24.